The van der Waals surface area contributed by atoms with Crippen LogP contribution in [0.5, 0.6) is 5.75 Å². The molecule has 0 radical (unpaired) electrons. The minimum Gasteiger partial charge on any atom is -0.507 e. The van der Waals surface area contributed by atoms with Crippen LogP contribution in [0.2, 0.25) is 0 Å². The molecule has 2 heteroatoms. The molecule has 0 saturated heterocycles. The number of hydrogen-bond donors (Lipinski definition) is 1. The van der Waals surface area contributed by atoms with Crippen molar-refractivity contribution in [1.82, 2.24) is 0 Å². The Morgan fingerprint density at radius 2 is 1.67 bits per heavy atom. The summed E-state index contributed by atoms with van der Waals surface area (Å²) in [6.45, 7) is 5.91. The van der Waals surface area contributed by atoms with Gasteiger partial charge in [0.2, 0.25) is 0 Å². The van der Waals surface area contributed by atoms with Crippen molar-refractivity contribution < 1.29 is 9.50 Å². The first-order chi connectivity index (χ1) is 8.49. The highest BCUT2D eigenvalue weighted by atomic mass is 19.1. The zero-order valence-corrected chi connectivity index (χ0v) is 10.9. The van der Waals surface area contributed by atoms with Gasteiger partial charge in [0.25, 0.3) is 0 Å². The Labute approximate surface area is 107 Å². The van der Waals surface area contributed by atoms with Gasteiger partial charge in [0.05, 0.1) is 0 Å². The van der Waals surface area contributed by atoms with Crippen LogP contribution in [0.1, 0.15) is 35.1 Å². The van der Waals surface area contributed by atoms with Crippen molar-refractivity contribution in [2.45, 2.75) is 26.7 Å². The molecule has 94 valence electrons. The highest BCUT2D eigenvalue weighted by molar-refractivity contribution is 5.47. The largest absolute Gasteiger partial charge is 0.507 e. The van der Waals surface area contributed by atoms with E-state index in [9.17, 15) is 9.50 Å². The molecule has 0 amide bonds. The molecule has 1 atom stereocenters. The van der Waals surface area contributed by atoms with Gasteiger partial charge in [0.1, 0.15) is 11.6 Å². The molecule has 0 aromatic heterocycles. The van der Waals surface area contributed by atoms with Crippen LogP contribution >= 0.6 is 0 Å². The van der Waals surface area contributed by atoms with Crippen molar-refractivity contribution in [1.29, 1.82) is 0 Å². The van der Waals surface area contributed by atoms with E-state index in [0.717, 1.165) is 22.3 Å². The van der Waals surface area contributed by atoms with Crippen molar-refractivity contribution in [3.8, 4) is 5.75 Å². The minimum atomic E-state index is -0.240. The monoisotopic (exact) mass is 244 g/mol. The van der Waals surface area contributed by atoms with E-state index in [-0.39, 0.29) is 11.7 Å². The quantitative estimate of drug-likeness (QED) is 0.835. The lowest BCUT2D eigenvalue weighted by molar-refractivity contribution is 0.461. The highest BCUT2D eigenvalue weighted by Gasteiger charge is 2.14. The molecule has 0 bridgehead atoms. The van der Waals surface area contributed by atoms with Gasteiger partial charge in [0, 0.05) is 11.5 Å². The molecule has 0 heterocycles. The van der Waals surface area contributed by atoms with E-state index in [2.05, 4.69) is 0 Å². The van der Waals surface area contributed by atoms with Gasteiger partial charge in [-0.3, -0.25) is 0 Å². The third-order valence-electron chi connectivity index (χ3n) is 3.31. The second kappa shape index (κ2) is 4.81. The van der Waals surface area contributed by atoms with Gasteiger partial charge in [0.15, 0.2) is 0 Å². The lowest BCUT2D eigenvalue weighted by Crippen LogP contribution is -1.98. The van der Waals surface area contributed by atoms with Gasteiger partial charge in [-0.05, 0) is 37.1 Å². The number of phenols is 1. The molecular formula is C16H17FO. The molecular weight excluding hydrogens is 227 g/mol. The smallest absolute Gasteiger partial charge is 0.123 e. The summed E-state index contributed by atoms with van der Waals surface area (Å²) < 4.78 is 12.9. The van der Waals surface area contributed by atoms with E-state index in [1.165, 1.54) is 12.1 Å². The molecule has 0 spiro atoms. The van der Waals surface area contributed by atoms with E-state index < -0.39 is 0 Å². The molecule has 0 aliphatic rings. The van der Waals surface area contributed by atoms with E-state index in [1.54, 1.807) is 12.1 Å². The van der Waals surface area contributed by atoms with Crippen LogP contribution in [0, 0.1) is 19.7 Å². The van der Waals surface area contributed by atoms with E-state index in [0.29, 0.717) is 5.75 Å². The zero-order chi connectivity index (χ0) is 13.3. The van der Waals surface area contributed by atoms with Crippen molar-refractivity contribution in [3.63, 3.8) is 0 Å². The zero-order valence-electron chi connectivity index (χ0n) is 10.9. The number of aromatic hydroxyl groups is 1. The number of benzene rings is 2. The Bertz CT molecular complexity index is 558. The van der Waals surface area contributed by atoms with Gasteiger partial charge < -0.3 is 5.11 Å². The molecule has 2 aromatic rings. The van der Waals surface area contributed by atoms with Crippen molar-refractivity contribution in [2.24, 2.45) is 0 Å². The van der Waals surface area contributed by atoms with Gasteiger partial charge >= 0.3 is 0 Å². The van der Waals surface area contributed by atoms with Crippen molar-refractivity contribution >= 4 is 0 Å². The normalized spacial score (nSPS) is 12.4. The molecule has 2 rings (SSSR count). The standard InChI is InChI=1S/C16H17FO/c1-10-8-11(2)16(18)15(9-10)12(3)13-4-6-14(17)7-5-13/h4-9,12,18H,1-3H3/t12-/m0/s1. The summed E-state index contributed by atoms with van der Waals surface area (Å²) in [5, 5.41) is 10.1. The molecule has 0 saturated carbocycles. The van der Waals surface area contributed by atoms with E-state index in [1.807, 2.05) is 32.9 Å². The van der Waals surface area contributed by atoms with Crippen LogP contribution in [0.25, 0.3) is 0 Å². The summed E-state index contributed by atoms with van der Waals surface area (Å²) >= 11 is 0. The molecule has 0 aliphatic carbocycles. The summed E-state index contributed by atoms with van der Waals surface area (Å²) in [6.07, 6.45) is 0. The van der Waals surface area contributed by atoms with Crippen LogP contribution in [-0.4, -0.2) is 5.11 Å². The average Bonchev–Trinajstić information content (AvgIpc) is 2.34. The number of phenolic OH excluding ortho intramolecular Hbond substituents is 1. The number of hydrogen-bond acceptors (Lipinski definition) is 1. The van der Waals surface area contributed by atoms with Gasteiger partial charge in [-0.15, -0.1) is 0 Å². The third-order valence-corrected chi connectivity index (χ3v) is 3.31. The average molecular weight is 244 g/mol. The molecule has 18 heavy (non-hydrogen) atoms. The fourth-order valence-electron chi connectivity index (χ4n) is 2.25. The topological polar surface area (TPSA) is 20.2 Å². The molecule has 1 N–H and O–H groups in total. The minimum absolute atomic E-state index is 0.0456. The molecule has 0 fully saturated rings. The van der Waals surface area contributed by atoms with Crippen LogP contribution < -0.4 is 0 Å². The Kier molecular flexibility index (Phi) is 3.37. The van der Waals surface area contributed by atoms with E-state index >= 15 is 0 Å². The van der Waals surface area contributed by atoms with Crippen LogP contribution in [0.4, 0.5) is 4.39 Å². The summed E-state index contributed by atoms with van der Waals surface area (Å²) in [6, 6.07) is 10.4. The SMILES string of the molecule is Cc1cc(C)c(O)c([C@@H](C)c2ccc(F)cc2)c1. The molecule has 1 nitrogen and oxygen atoms in total. The molecule has 0 unspecified atom stereocenters. The Hall–Kier alpha value is -1.83. The lowest BCUT2D eigenvalue weighted by Gasteiger charge is -2.16. The summed E-state index contributed by atoms with van der Waals surface area (Å²) in [4.78, 5) is 0. The third kappa shape index (κ3) is 2.37. The number of aryl methyl sites for hydroxylation is 2. The Balaban J connectivity index is 2.45. The Morgan fingerprint density at radius 3 is 2.28 bits per heavy atom. The fraction of sp³-hybridized carbons (Fsp3) is 0.250. The summed E-state index contributed by atoms with van der Waals surface area (Å²) in [5.74, 6) is 0.136. The maximum Gasteiger partial charge on any atom is 0.123 e. The van der Waals surface area contributed by atoms with Crippen LogP contribution in [-0.2, 0) is 0 Å². The van der Waals surface area contributed by atoms with Crippen LogP contribution in [0.15, 0.2) is 36.4 Å². The van der Waals surface area contributed by atoms with Crippen molar-refractivity contribution in [3.05, 3.63) is 64.5 Å². The number of rotatable bonds is 2. The van der Waals surface area contributed by atoms with Gasteiger partial charge in [-0.2, -0.15) is 0 Å². The van der Waals surface area contributed by atoms with Crippen LogP contribution in [0.3, 0.4) is 0 Å². The molecule has 0 aliphatic heterocycles. The van der Waals surface area contributed by atoms with E-state index in [4.69, 9.17) is 0 Å². The summed E-state index contributed by atoms with van der Waals surface area (Å²) in [7, 11) is 0. The summed E-state index contributed by atoms with van der Waals surface area (Å²) in [5.41, 5.74) is 3.88. The first-order valence-electron chi connectivity index (χ1n) is 6.04. The second-order valence-corrected chi connectivity index (χ2v) is 4.79. The predicted octanol–water partition coefficient (Wildman–Crippen LogP) is 4.30. The second-order valence-electron chi connectivity index (χ2n) is 4.79. The van der Waals surface area contributed by atoms with Crippen molar-refractivity contribution in [2.75, 3.05) is 0 Å². The fourth-order valence-corrected chi connectivity index (χ4v) is 2.25. The first kappa shape index (κ1) is 12.6. The maximum absolute atomic E-state index is 12.9. The number of halogens is 1. The molecule has 2 aromatic carbocycles. The maximum atomic E-state index is 12.9. The highest BCUT2D eigenvalue weighted by Crippen LogP contribution is 2.34. The van der Waals surface area contributed by atoms with Gasteiger partial charge in [-0.1, -0.05) is 36.8 Å². The first-order valence-corrected chi connectivity index (χ1v) is 6.04. The predicted molar refractivity (Wildman–Crippen MR) is 71.5 cm³/mol. The van der Waals surface area contributed by atoms with Gasteiger partial charge in [-0.25, -0.2) is 4.39 Å². The lowest BCUT2D eigenvalue weighted by atomic mass is 9.90. The Morgan fingerprint density at radius 1 is 1.06 bits per heavy atom.